The van der Waals surface area contributed by atoms with Crippen molar-refractivity contribution in [2.24, 2.45) is 10.7 Å². The summed E-state index contributed by atoms with van der Waals surface area (Å²) in [5, 5.41) is 2.79. The van der Waals surface area contributed by atoms with Crippen molar-refractivity contribution in [3.8, 4) is 0 Å². The first-order valence-corrected chi connectivity index (χ1v) is 7.23. The molecule has 7 nitrogen and oxygen atoms in total. The molecule has 0 aromatic heterocycles. The van der Waals surface area contributed by atoms with Gasteiger partial charge in [0.25, 0.3) is 0 Å². The summed E-state index contributed by atoms with van der Waals surface area (Å²) in [5.74, 6) is 0. The second kappa shape index (κ2) is 8.63. The minimum absolute atomic E-state index is 0.184. The van der Waals surface area contributed by atoms with Crippen LogP contribution in [0.3, 0.4) is 0 Å². The molecule has 1 rings (SSSR count). The van der Waals surface area contributed by atoms with E-state index in [2.05, 4.69) is 15.0 Å². The molecule has 0 atom stereocenters. The predicted octanol–water partition coefficient (Wildman–Crippen LogP) is 1.74. The number of rotatable bonds is 3. The normalized spacial score (nSPS) is 16.8. The van der Waals surface area contributed by atoms with Crippen LogP contribution < -0.4 is 15.8 Å². The lowest BCUT2D eigenvalue weighted by molar-refractivity contribution is 0.244. The number of aliphatic imine (C=N–C) groups is 1. The Balaban J connectivity index is 2.33. The molecule has 0 aromatic carbocycles. The fourth-order valence-electron chi connectivity index (χ4n) is 1.78. The van der Waals surface area contributed by atoms with E-state index in [1.54, 1.807) is 6.92 Å². The Bertz CT molecular complexity index is 343. The molecule has 0 unspecified atom stereocenters. The molecular formula is C11H20N4O3S. The first-order chi connectivity index (χ1) is 9.11. The molecule has 1 aliphatic rings. The minimum atomic E-state index is -0.913. The van der Waals surface area contributed by atoms with Crippen LogP contribution in [0.25, 0.3) is 0 Å². The number of primary amides is 1. The second-order valence-corrected chi connectivity index (χ2v) is 5.23. The van der Waals surface area contributed by atoms with Crippen molar-refractivity contribution in [3.05, 3.63) is 0 Å². The zero-order valence-electron chi connectivity index (χ0n) is 11.0. The van der Waals surface area contributed by atoms with Crippen LogP contribution in [0, 0.1) is 0 Å². The molecule has 1 aliphatic carbocycles. The molecule has 108 valence electrons. The van der Waals surface area contributed by atoms with E-state index in [4.69, 9.17) is 10.5 Å². The van der Waals surface area contributed by atoms with E-state index in [-0.39, 0.29) is 12.6 Å². The molecule has 0 bridgehead atoms. The quantitative estimate of drug-likeness (QED) is 0.418. The van der Waals surface area contributed by atoms with Gasteiger partial charge in [0.2, 0.25) is 0 Å². The number of ether oxygens (including phenoxy) is 1. The summed E-state index contributed by atoms with van der Waals surface area (Å²) in [6, 6.07) is -1.57. The first-order valence-electron chi connectivity index (χ1n) is 6.35. The highest BCUT2D eigenvalue weighted by Gasteiger charge is 2.16. The third-order valence-corrected chi connectivity index (χ3v) is 3.69. The average molecular weight is 288 g/mol. The zero-order valence-corrected chi connectivity index (χ0v) is 11.8. The van der Waals surface area contributed by atoms with Crippen LogP contribution in [0.5, 0.6) is 0 Å². The van der Waals surface area contributed by atoms with Crippen LogP contribution in [0.1, 0.15) is 39.0 Å². The van der Waals surface area contributed by atoms with Gasteiger partial charge >= 0.3 is 18.1 Å². The second-order valence-electron chi connectivity index (χ2n) is 4.12. The first kappa shape index (κ1) is 15.6. The van der Waals surface area contributed by atoms with E-state index in [1.807, 2.05) is 0 Å². The van der Waals surface area contributed by atoms with Crippen LogP contribution in [-0.2, 0) is 4.74 Å². The number of amides is 4. The van der Waals surface area contributed by atoms with Crippen LogP contribution in [-0.4, -0.2) is 29.9 Å². The fourth-order valence-corrected chi connectivity index (χ4v) is 2.67. The molecule has 0 heterocycles. The predicted molar refractivity (Wildman–Crippen MR) is 74.8 cm³/mol. The Morgan fingerprint density at radius 1 is 1.37 bits per heavy atom. The summed E-state index contributed by atoms with van der Waals surface area (Å²) in [7, 11) is 0. The van der Waals surface area contributed by atoms with Crippen LogP contribution >= 0.6 is 11.9 Å². The third kappa shape index (κ3) is 6.90. The molecule has 19 heavy (non-hydrogen) atoms. The van der Waals surface area contributed by atoms with Crippen LogP contribution in [0.2, 0.25) is 0 Å². The highest BCUT2D eigenvalue weighted by molar-refractivity contribution is 7.98. The summed E-state index contributed by atoms with van der Waals surface area (Å²) < 4.78 is 7.65. The fraction of sp³-hybridized carbons (Fsp3) is 0.727. The van der Waals surface area contributed by atoms with Gasteiger partial charge in [0, 0.05) is 5.25 Å². The Morgan fingerprint density at radius 2 is 2.05 bits per heavy atom. The maximum atomic E-state index is 11.6. The molecule has 0 aliphatic heterocycles. The van der Waals surface area contributed by atoms with E-state index in [9.17, 15) is 9.59 Å². The maximum Gasteiger partial charge on any atom is 0.342 e. The van der Waals surface area contributed by atoms with E-state index >= 15 is 0 Å². The molecule has 1 fully saturated rings. The molecule has 0 aromatic rings. The maximum absolute atomic E-state index is 11.6. The van der Waals surface area contributed by atoms with Gasteiger partial charge in [-0.2, -0.15) is 0 Å². The van der Waals surface area contributed by atoms with Crippen LogP contribution in [0.15, 0.2) is 4.99 Å². The van der Waals surface area contributed by atoms with E-state index < -0.39 is 12.1 Å². The largest absolute Gasteiger partial charge is 0.465 e. The summed E-state index contributed by atoms with van der Waals surface area (Å²) in [5.41, 5.74) is 4.91. The Hall–Kier alpha value is -1.44. The molecule has 0 spiro atoms. The highest BCUT2D eigenvalue weighted by Crippen LogP contribution is 2.26. The van der Waals surface area contributed by atoms with Gasteiger partial charge < -0.3 is 10.5 Å². The lowest BCUT2D eigenvalue weighted by Gasteiger charge is -2.20. The molecular weight excluding hydrogens is 268 g/mol. The topological polar surface area (TPSA) is 106 Å². The molecule has 4 amide bonds. The molecule has 0 saturated heterocycles. The van der Waals surface area contributed by atoms with Gasteiger partial charge in [-0.3, -0.25) is 10.0 Å². The SMILES string of the molecule is CCOC(=NC(N)=O)NC(=O)NSC1CCCCC1. The Labute approximate surface area is 116 Å². The van der Waals surface area contributed by atoms with Crippen LogP contribution in [0.4, 0.5) is 9.59 Å². The lowest BCUT2D eigenvalue weighted by atomic mass is 10.0. The van der Waals surface area contributed by atoms with Crippen molar-refractivity contribution < 1.29 is 14.3 Å². The van der Waals surface area contributed by atoms with Gasteiger partial charge in [0.05, 0.1) is 6.61 Å². The number of nitrogens with zero attached hydrogens (tertiary/aromatic N) is 1. The number of carbonyl (C=O) groups excluding carboxylic acids is 2. The number of hydrogen-bond acceptors (Lipinski definition) is 4. The van der Waals surface area contributed by atoms with Gasteiger partial charge in [-0.25, -0.2) is 9.59 Å². The smallest absolute Gasteiger partial charge is 0.342 e. The molecule has 4 N–H and O–H groups in total. The van der Waals surface area contributed by atoms with Gasteiger partial charge in [0.1, 0.15) is 0 Å². The Morgan fingerprint density at radius 3 is 2.63 bits per heavy atom. The molecule has 0 radical (unpaired) electrons. The number of amidine groups is 1. The Kier molecular flexibility index (Phi) is 7.09. The number of nitrogens with two attached hydrogens (primary N) is 1. The van der Waals surface area contributed by atoms with E-state index in [0.29, 0.717) is 5.25 Å². The monoisotopic (exact) mass is 288 g/mol. The summed E-state index contributed by atoms with van der Waals surface area (Å²) in [4.78, 5) is 25.6. The lowest BCUT2D eigenvalue weighted by Crippen LogP contribution is -2.39. The van der Waals surface area contributed by atoms with Crippen molar-refractivity contribution in [2.75, 3.05) is 6.61 Å². The van der Waals surface area contributed by atoms with Crippen molar-refractivity contribution in [3.63, 3.8) is 0 Å². The number of hydrogen-bond donors (Lipinski definition) is 3. The highest BCUT2D eigenvalue weighted by atomic mass is 32.2. The summed E-state index contributed by atoms with van der Waals surface area (Å²) in [6.45, 7) is 2.00. The van der Waals surface area contributed by atoms with E-state index in [0.717, 1.165) is 12.8 Å². The zero-order chi connectivity index (χ0) is 14.1. The van der Waals surface area contributed by atoms with Crippen molar-refractivity contribution >= 4 is 30.0 Å². The minimum Gasteiger partial charge on any atom is -0.465 e. The third-order valence-electron chi connectivity index (χ3n) is 2.58. The average Bonchev–Trinajstić information content (AvgIpc) is 2.37. The summed E-state index contributed by atoms with van der Waals surface area (Å²) in [6.07, 6.45) is 5.89. The van der Waals surface area contributed by atoms with Gasteiger partial charge in [0.15, 0.2) is 0 Å². The standard InChI is InChI=1S/C11H20N4O3S/c1-2-18-11(13-9(12)16)14-10(17)15-19-8-6-4-3-5-7-8/h8H,2-7H2,1H3,(H4,12,13,14,15,16,17). The number of nitrogens with one attached hydrogen (secondary N) is 2. The van der Waals surface area contributed by atoms with Gasteiger partial charge in [-0.05, 0) is 31.7 Å². The van der Waals surface area contributed by atoms with Crippen molar-refractivity contribution in [1.82, 2.24) is 10.0 Å². The number of carbonyl (C=O) groups is 2. The molecule has 8 heteroatoms. The van der Waals surface area contributed by atoms with Crippen molar-refractivity contribution in [2.45, 2.75) is 44.3 Å². The number of urea groups is 2. The van der Waals surface area contributed by atoms with Crippen molar-refractivity contribution in [1.29, 1.82) is 0 Å². The van der Waals surface area contributed by atoms with Gasteiger partial charge in [-0.15, -0.1) is 4.99 Å². The summed E-state index contributed by atoms with van der Waals surface area (Å²) >= 11 is 1.40. The van der Waals surface area contributed by atoms with E-state index in [1.165, 1.54) is 31.2 Å². The van der Waals surface area contributed by atoms with Gasteiger partial charge in [-0.1, -0.05) is 19.3 Å². The molecule has 1 saturated carbocycles.